The fraction of sp³-hybridized carbons (Fsp3) is 0.400. The largest absolute Gasteiger partial charge is 0.396 e. The first kappa shape index (κ1) is 10.2. The zero-order valence-corrected chi connectivity index (χ0v) is 7.63. The monoisotopic (exact) mass is 183 g/mol. The van der Waals surface area contributed by atoms with Gasteiger partial charge in [-0.1, -0.05) is 6.07 Å². The van der Waals surface area contributed by atoms with Crippen molar-refractivity contribution in [2.45, 2.75) is 12.8 Å². The van der Waals surface area contributed by atoms with Crippen LogP contribution in [0.5, 0.6) is 0 Å². The van der Waals surface area contributed by atoms with Gasteiger partial charge in [-0.15, -0.1) is 0 Å². The third-order valence-corrected chi connectivity index (χ3v) is 2.19. The number of rotatable bonds is 3. The van der Waals surface area contributed by atoms with Crippen LogP contribution in [0.15, 0.2) is 18.2 Å². The molecule has 0 saturated carbocycles. The van der Waals surface area contributed by atoms with Crippen LogP contribution in [-0.2, 0) is 0 Å². The van der Waals surface area contributed by atoms with Gasteiger partial charge in [0.25, 0.3) is 0 Å². The van der Waals surface area contributed by atoms with E-state index in [1.54, 1.807) is 6.07 Å². The van der Waals surface area contributed by atoms with Gasteiger partial charge in [0.15, 0.2) is 0 Å². The molecule has 0 aromatic heterocycles. The maximum absolute atomic E-state index is 12.9. The van der Waals surface area contributed by atoms with Gasteiger partial charge in [0.1, 0.15) is 5.82 Å². The van der Waals surface area contributed by atoms with Crippen LogP contribution in [0, 0.1) is 12.7 Å². The molecule has 1 atom stereocenters. The Kier molecular flexibility index (Phi) is 3.39. The minimum Gasteiger partial charge on any atom is -0.396 e. The topological polar surface area (TPSA) is 46.2 Å². The maximum atomic E-state index is 12.9. The highest BCUT2D eigenvalue weighted by molar-refractivity contribution is 5.30. The molecule has 0 aliphatic carbocycles. The summed E-state index contributed by atoms with van der Waals surface area (Å²) in [5.41, 5.74) is 7.21. The molecule has 0 amide bonds. The second kappa shape index (κ2) is 4.35. The van der Waals surface area contributed by atoms with E-state index in [1.807, 2.05) is 6.92 Å². The zero-order chi connectivity index (χ0) is 9.84. The van der Waals surface area contributed by atoms with Crippen molar-refractivity contribution in [3.63, 3.8) is 0 Å². The van der Waals surface area contributed by atoms with E-state index in [2.05, 4.69) is 0 Å². The molecule has 0 saturated heterocycles. The predicted octanol–water partition coefficient (Wildman–Crippen LogP) is 1.17. The number of nitrogens with two attached hydrogens (primary N) is 1. The second-order valence-electron chi connectivity index (χ2n) is 3.12. The van der Waals surface area contributed by atoms with Crippen LogP contribution < -0.4 is 5.73 Å². The summed E-state index contributed by atoms with van der Waals surface area (Å²) >= 11 is 0. The highest BCUT2D eigenvalue weighted by atomic mass is 19.1. The number of benzene rings is 1. The van der Waals surface area contributed by atoms with Crippen molar-refractivity contribution in [2.75, 3.05) is 13.2 Å². The summed E-state index contributed by atoms with van der Waals surface area (Å²) in [5, 5.41) is 8.99. The Morgan fingerprint density at radius 3 is 2.77 bits per heavy atom. The lowest BCUT2D eigenvalue weighted by Gasteiger charge is -2.14. The lowest BCUT2D eigenvalue weighted by Crippen LogP contribution is -2.17. The average molecular weight is 183 g/mol. The van der Waals surface area contributed by atoms with Gasteiger partial charge in [0.2, 0.25) is 0 Å². The molecule has 0 aliphatic rings. The molecule has 13 heavy (non-hydrogen) atoms. The summed E-state index contributed by atoms with van der Waals surface area (Å²) in [7, 11) is 0. The number of aryl methyl sites for hydroxylation is 1. The summed E-state index contributed by atoms with van der Waals surface area (Å²) in [5.74, 6) is -0.441. The highest BCUT2D eigenvalue weighted by Gasteiger charge is 2.11. The fourth-order valence-corrected chi connectivity index (χ4v) is 1.35. The summed E-state index contributed by atoms with van der Waals surface area (Å²) in [6.07, 6.45) is 0. The van der Waals surface area contributed by atoms with E-state index in [0.717, 1.165) is 11.1 Å². The quantitative estimate of drug-likeness (QED) is 0.738. The van der Waals surface area contributed by atoms with Crippen molar-refractivity contribution in [2.24, 2.45) is 5.73 Å². The average Bonchev–Trinajstić information content (AvgIpc) is 2.13. The van der Waals surface area contributed by atoms with Gasteiger partial charge in [-0.25, -0.2) is 4.39 Å². The lowest BCUT2D eigenvalue weighted by atomic mass is 9.95. The fourth-order valence-electron chi connectivity index (χ4n) is 1.35. The third kappa shape index (κ3) is 2.26. The highest BCUT2D eigenvalue weighted by Crippen LogP contribution is 2.19. The maximum Gasteiger partial charge on any atom is 0.123 e. The normalized spacial score (nSPS) is 12.9. The first-order valence-corrected chi connectivity index (χ1v) is 4.26. The molecule has 1 rings (SSSR count). The molecule has 1 aromatic rings. The van der Waals surface area contributed by atoms with Crippen LogP contribution >= 0.6 is 0 Å². The van der Waals surface area contributed by atoms with Crippen molar-refractivity contribution in [3.05, 3.63) is 35.1 Å². The van der Waals surface area contributed by atoms with Crippen LogP contribution in [-0.4, -0.2) is 18.3 Å². The van der Waals surface area contributed by atoms with E-state index >= 15 is 0 Å². The van der Waals surface area contributed by atoms with Gasteiger partial charge < -0.3 is 10.8 Å². The lowest BCUT2D eigenvalue weighted by molar-refractivity contribution is 0.267. The van der Waals surface area contributed by atoms with Crippen molar-refractivity contribution < 1.29 is 9.50 Å². The molecule has 0 fully saturated rings. The van der Waals surface area contributed by atoms with Crippen LogP contribution in [0.25, 0.3) is 0 Å². The molecule has 0 radical (unpaired) electrons. The molecule has 3 heteroatoms. The zero-order valence-electron chi connectivity index (χ0n) is 7.63. The van der Waals surface area contributed by atoms with Gasteiger partial charge in [0, 0.05) is 12.5 Å². The molecule has 0 bridgehead atoms. The van der Waals surface area contributed by atoms with E-state index in [4.69, 9.17) is 10.8 Å². The number of aliphatic hydroxyl groups is 1. The van der Waals surface area contributed by atoms with Crippen LogP contribution in [0.3, 0.4) is 0 Å². The Bertz CT molecular complexity index is 284. The Morgan fingerprint density at radius 2 is 2.23 bits per heavy atom. The van der Waals surface area contributed by atoms with Crippen LogP contribution in [0.4, 0.5) is 4.39 Å². The number of halogens is 1. The van der Waals surface area contributed by atoms with Crippen molar-refractivity contribution >= 4 is 0 Å². The summed E-state index contributed by atoms with van der Waals surface area (Å²) < 4.78 is 12.9. The van der Waals surface area contributed by atoms with E-state index < -0.39 is 0 Å². The van der Waals surface area contributed by atoms with E-state index in [1.165, 1.54) is 12.1 Å². The molecule has 3 N–H and O–H groups in total. The summed E-state index contributed by atoms with van der Waals surface area (Å²) in [4.78, 5) is 0. The SMILES string of the molecule is Cc1ccc(F)cc1C(CN)CO. The van der Waals surface area contributed by atoms with Gasteiger partial charge in [-0.05, 0) is 30.2 Å². The molecule has 1 aromatic carbocycles. The molecule has 0 heterocycles. The van der Waals surface area contributed by atoms with E-state index in [-0.39, 0.29) is 18.3 Å². The first-order chi connectivity index (χ1) is 6.19. The molecule has 72 valence electrons. The Labute approximate surface area is 77.2 Å². The van der Waals surface area contributed by atoms with Crippen LogP contribution in [0.2, 0.25) is 0 Å². The summed E-state index contributed by atoms with van der Waals surface area (Å²) in [6.45, 7) is 2.18. The number of hydrogen-bond acceptors (Lipinski definition) is 2. The van der Waals surface area contributed by atoms with Gasteiger partial charge in [0.05, 0.1) is 6.61 Å². The Balaban J connectivity index is 3.03. The minimum absolute atomic E-state index is 0.0409. The second-order valence-corrected chi connectivity index (χ2v) is 3.12. The summed E-state index contributed by atoms with van der Waals surface area (Å²) in [6, 6.07) is 4.54. The number of hydrogen-bond donors (Lipinski definition) is 2. The standard InChI is InChI=1S/C10H14FNO/c1-7-2-3-9(11)4-10(7)8(5-12)6-13/h2-4,8,13H,5-6,12H2,1H3. The third-order valence-electron chi connectivity index (χ3n) is 2.19. The van der Waals surface area contributed by atoms with E-state index in [9.17, 15) is 4.39 Å². The molecule has 0 aliphatic heterocycles. The van der Waals surface area contributed by atoms with Gasteiger partial charge >= 0.3 is 0 Å². The Hall–Kier alpha value is -0.930. The van der Waals surface area contributed by atoms with Crippen molar-refractivity contribution in [1.29, 1.82) is 0 Å². The van der Waals surface area contributed by atoms with Crippen LogP contribution in [0.1, 0.15) is 17.0 Å². The molecule has 1 unspecified atom stereocenters. The minimum atomic E-state index is -0.285. The molecular weight excluding hydrogens is 169 g/mol. The van der Waals surface area contributed by atoms with Gasteiger partial charge in [-0.3, -0.25) is 0 Å². The Morgan fingerprint density at radius 1 is 1.54 bits per heavy atom. The molecule has 0 spiro atoms. The van der Waals surface area contributed by atoms with Gasteiger partial charge in [-0.2, -0.15) is 0 Å². The van der Waals surface area contributed by atoms with Crippen molar-refractivity contribution in [3.8, 4) is 0 Å². The molecule has 2 nitrogen and oxygen atoms in total. The number of aliphatic hydroxyl groups excluding tert-OH is 1. The van der Waals surface area contributed by atoms with Crippen molar-refractivity contribution in [1.82, 2.24) is 0 Å². The molecular formula is C10H14FNO. The predicted molar refractivity (Wildman–Crippen MR) is 50.0 cm³/mol. The van der Waals surface area contributed by atoms with E-state index in [0.29, 0.717) is 6.54 Å². The first-order valence-electron chi connectivity index (χ1n) is 4.26. The smallest absolute Gasteiger partial charge is 0.123 e.